The molecule has 96 valence electrons. The lowest BCUT2D eigenvalue weighted by molar-refractivity contribution is 0.0584. The molecule has 2 heteroatoms. The van der Waals surface area contributed by atoms with Crippen molar-refractivity contribution in [2.45, 2.75) is 71.9 Å². The Morgan fingerprint density at radius 2 is 1.75 bits per heavy atom. The number of nitrogens with one attached hydrogen (secondary N) is 1. The summed E-state index contributed by atoms with van der Waals surface area (Å²) >= 11 is 0. The minimum absolute atomic E-state index is 0.00633. The zero-order chi connectivity index (χ0) is 12.2. The molecule has 0 aromatic rings. The molecule has 2 nitrogen and oxygen atoms in total. The van der Waals surface area contributed by atoms with E-state index in [9.17, 15) is 5.11 Å². The molecule has 1 aliphatic rings. The highest BCUT2D eigenvalue weighted by molar-refractivity contribution is 4.80. The van der Waals surface area contributed by atoms with Crippen molar-refractivity contribution in [3.05, 3.63) is 0 Å². The summed E-state index contributed by atoms with van der Waals surface area (Å²) in [5, 5.41) is 13.5. The fourth-order valence-corrected chi connectivity index (χ4v) is 2.36. The molecule has 1 rings (SSSR count). The molecule has 2 N–H and O–H groups in total. The van der Waals surface area contributed by atoms with Gasteiger partial charge in [-0.05, 0) is 37.0 Å². The Labute approximate surface area is 101 Å². The smallest absolute Gasteiger partial charge is 0.0712 e. The summed E-state index contributed by atoms with van der Waals surface area (Å²) < 4.78 is 0. The Morgan fingerprint density at radius 3 is 2.19 bits per heavy atom. The first-order valence-corrected chi connectivity index (χ1v) is 6.85. The highest BCUT2D eigenvalue weighted by Crippen LogP contribution is 2.26. The lowest BCUT2D eigenvalue weighted by Gasteiger charge is -2.32. The van der Waals surface area contributed by atoms with Crippen molar-refractivity contribution >= 4 is 0 Å². The third-order valence-electron chi connectivity index (χ3n) is 4.02. The molecule has 0 amide bonds. The van der Waals surface area contributed by atoms with Crippen LogP contribution in [0.2, 0.25) is 0 Å². The molecule has 0 heterocycles. The molecule has 1 atom stereocenters. The molecule has 0 aromatic carbocycles. The molecule has 1 saturated carbocycles. The summed E-state index contributed by atoms with van der Waals surface area (Å²) in [6, 6.07) is 0.639. The summed E-state index contributed by atoms with van der Waals surface area (Å²) in [6.45, 7) is 9.31. The van der Waals surface area contributed by atoms with Crippen LogP contribution in [0.3, 0.4) is 0 Å². The Bertz CT molecular complexity index is 189. The number of hydrogen-bond donors (Lipinski definition) is 2. The summed E-state index contributed by atoms with van der Waals surface area (Å²) in [5.74, 6) is 0.950. The predicted octanol–water partition coefficient (Wildman–Crippen LogP) is 2.95. The molecule has 0 aliphatic heterocycles. The predicted molar refractivity (Wildman–Crippen MR) is 69.5 cm³/mol. The summed E-state index contributed by atoms with van der Waals surface area (Å²) in [6.07, 6.45) is 6.39. The van der Waals surface area contributed by atoms with Crippen LogP contribution >= 0.6 is 0 Å². The van der Waals surface area contributed by atoms with Crippen molar-refractivity contribution < 1.29 is 5.11 Å². The topological polar surface area (TPSA) is 32.3 Å². The quantitative estimate of drug-likeness (QED) is 0.774. The first-order valence-electron chi connectivity index (χ1n) is 6.85. The maximum atomic E-state index is 9.95. The molecule has 0 bridgehead atoms. The van der Waals surface area contributed by atoms with Gasteiger partial charge in [0.25, 0.3) is 0 Å². The fourth-order valence-electron chi connectivity index (χ4n) is 2.36. The van der Waals surface area contributed by atoms with E-state index < -0.39 is 0 Å². The minimum atomic E-state index is -0.239. The van der Waals surface area contributed by atoms with Gasteiger partial charge in [-0.25, -0.2) is 0 Å². The van der Waals surface area contributed by atoms with E-state index in [1.54, 1.807) is 0 Å². The average Bonchev–Trinajstić information content (AvgIpc) is 2.25. The Balaban J connectivity index is 2.20. The van der Waals surface area contributed by atoms with Crippen LogP contribution in [-0.2, 0) is 0 Å². The number of aliphatic hydroxyl groups excluding tert-OH is 1. The van der Waals surface area contributed by atoms with Crippen LogP contribution in [0.5, 0.6) is 0 Å². The van der Waals surface area contributed by atoms with Crippen molar-refractivity contribution in [3.63, 3.8) is 0 Å². The third-order valence-corrected chi connectivity index (χ3v) is 4.02. The van der Waals surface area contributed by atoms with E-state index in [0.29, 0.717) is 6.04 Å². The van der Waals surface area contributed by atoms with Crippen LogP contribution in [0.25, 0.3) is 0 Å². The third kappa shape index (κ3) is 4.42. The molecule has 0 aromatic heterocycles. The van der Waals surface area contributed by atoms with Crippen LogP contribution in [0, 0.1) is 11.3 Å². The van der Waals surface area contributed by atoms with Crippen LogP contribution < -0.4 is 5.32 Å². The van der Waals surface area contributed by atoms with Gasteiger partial charge in [-0.3, -0.25) is 0 Å². The van der Waals surface area contributed by atoms with E-state index >= 15 is 0 Å². The van der Waals surface area contributed by atoms with Gasteiger partial charge in [0.2, 0.25) is 0 Å². The van der Waals surface area contributed by atoms with Gasteiger partial charge in [-0.1, -0.05) is 34.1 Å². The normalized spacial score (nSPS) is 29.1. The van der Waals surface area contributed by atoms with Gasteiger partial charge in [-0.2, -0.15) is 0 Å². The lowest BCUT2D eigenvalue weighted by atomic mass is 9.84. The zero-order valence-electron chi connectivity index (χ0n) is 11.4. The maximum Gasteiger partial charge on any atom is 0.0712 e. The highest BCUT2D eigenvalue weighted by atomic mass is 16.3. The Hall–Kier alpha value is -0.0800. The second-order valence-corrected chi connectivity index (χ2v) is 6.42. The second kappa shape index (κ2) is 6.02. The molecule has 0 spiro atoms. The number of rotatable bonds is 4. The van der Waals surface area contributed by atoms with Crippen LogP contribution in [-0.4, -0.2) is 23.8 Å². The average molecular weight is 227 g/mol. The molecular formula is C14H29NO. The molecule has 0 saturated heterocycles. The first kappa shape index (κ1) is 14.0. The fraction of sp³-hybridized carbons (Fsp3) is 1.00. The van der Waals surface area contributed by atoms with Crippen LogP contribution in [0.1, 0.15) is 59.8 Å². The van der Waals surface area contributed by atoms with Crippen molar-refractivity contribution in [1.82, 2.24) is 5.32 Å². The van der Waals surface area contributed by atoms with Crippen molar-refractivity contribution in [2.24, 2.45) is 11.3 Å². The Kier molecular flexibility index (Phi) is 5.26. The van der Waals surface area contributed by atoms with E-state index in [1.165, 1.54) is 32.1 Å². The van der Waals surface area contributed by atoms with Crippen LogP contribution in [0.4, 0.5) is 0 Å². The second-order valence-electron chi connectivity index (χ2n) is 6.42. The minimum Gasteiger partial charge on any atom is -0.391 e. The van der Waals surface area contributed by atoms with Crippen molar-refractivity contribution in [3.8, 4) is 0 Å². The van der Waals surface area contributed by atoms with Crippen molar-refractivity contribution in [2.75, 3.05) is 6.54 Å². The monoisotopic (exact) mass is 227 g/mol. The molecule has 0 radical (unpaired) electrons. The summed E-state index contributed by atoms with van der Waals surface area (Å²) in [7, 11) is 0. The number of hydrogen-bond acceptors (Lipinski definition) is 2. The Morgan fingerprint density at radius 1 is 1.19 bits per heavy atom. The SMILES string of the molecule is CCC1CCC(NCC(O)C(C)(C)C)CC1. The van der Waals surface area contributed by atoms with Crippen molar-refractivity contribution in [1.29, 1.82) is 0 Å². The molecule has 1 unspecified atom stereocenters. The van der Waals surface area contributed by atoms with E-state index in [4.69, 9.17) is 0 Å². The maximum absolute atomic E-state index is 9.95. The largest absolute Gasteiger partial charge is 0.391 e. The highest BCUT2D eigenvalue weighted by Gasteiger charge is 2.24. The standard InChI is InChI=1S/C14H29NO/c1-5-11-6-8-12(9-7-11)15-10-13(16)14(2,3)4/h11-13,15-16H,5-10H2,1-4H3. The van der Waals surface area contributed by atoms with Gasteiger partial charge in [0.1, 0.15) is 0 Å². The van der Waals surface area contributed by atoms with Gasteiger partial charge in [0.15, 0.2) is 0 Å². The van der Waals surface area contributed by atoms with E-state index in [1.807, 2.05) is 0 Å². The van der Waals surface area contributed by atoms with Gasteiger partial charge >= 0.3 is 0 Å². The number of aliphatic hydroxyl groups is 1. The molecule has 1 aliphatic carbocycles. The molecule has 1 fully saturated rings. The summed E-state index contributed by atoms with van der Waals surface area (Å²) in [4.78, 5) is 0. The van der Waals surface area contributed by atoms with E-state index in [0.717, 1.165) is 12.5 Å². The van der Waals surface area contributed by atoms with Gasteiger partial charge in [0, 0.05) is 12.6 Å². The van der Waals surface area contributed by atoms with E-state index in [2.05, 4.69) is 33.0 Å². The first-order chi connectivity index (χ1) is 7.43. The molecule has 16 heavy (non-hydrogen) atoms. The van der Waals surface area contributed by atoms with Gasteiger partial charge < -0.3 is 10.4 Å². The molecular weight excluding hydrogens is 198 g/mol. The van der Waals surface area contributed by atoms with Crippen LogP contribution in [0.15, 0.2) is 0 Å². The van der Waals surface area contributed by atoms with Gasteiger partial charge in [-0.15, -0.1) is 0 Å². The zero-order valence-corrected chi connectivity index (χ0v) is 11.4. The van der Waals surface area contributed by atoms with E-state index in [-0.39, 0.29) is 11.5 Å². The van der Waals surface area contributed by atoms with Gasteiger partial charge in [0.05, 0.1) is 6.10 Å². The summed E-state index contributed by atoms with van der Waals surface area (Å²) in [5.41, 5.74) is -0.00633. The lowest BCUT2D eigenvalue weighted by Crippen LogP contribution is -2.42.